The van der Waals surface area contributed by atoms with Gasteiger partial charge in [0.25, 0.3) is 10.1 Å². The molecular formula is C10H18N2O5S. The smallest absolute Gasteiger partial charge is 0.261 e. The molecule has 1 aromatic carbocycles. The van der Waals surface area contributed by atoms with E-state index >= 15 is 0 Å². The van der Waals surface area contributed by atoms with Gasteiger partial charge in [-0.1, -0.05) is 12.1 Å². The predicted octanol–water partition coefficient (Wildman–Crippen LogP) is -0.304. The zero-order chi connectivity index (χ0) is 14.2. The molecule has 8 heteroatoms. The molecular weight excluding hydrogens is 260 g/mol. The molecule has 1 atom stereocenters. The summed E-state index contributed by atoms with van der Waals surface area (Å²) in [6.45, 7) is 0.340. The van der Waals surface area contributed by atoms with Crippen LogP contribution in [-0.2, 0) is 10.1 Å². The van der Waals surface area contributed by atoms with Crippen molar-refractivity contribution in [3.05, 3.63) is 29.8 Å². The Bertz CT molecular complexity index is 424. The minimum Gasteiger partial charge on any atom is -0.497 e. The number of aliphatic hydroxyl groups excluding tert-OH is 1. The summed E-state index contributed by atoms with van der Waals surface area (Å²) in [6.07, 6.45) is 0.142. The zero-order valence-corrected chi connectivity index (χ0v) is 11.0. The van der Waals surface area contributed by atoms with Gasteiger partial charge in [0.05, 0.1) is 19.5 Å². The molecule has 1 aromatic rings. The molecule has 1 unspecified atom stereocenters. The van der Waals surface area contributed by atoms with E-state index in [0.717, 1.165) is 11.3 Å². The number of hydrogen-bond acceptors (Lipinski definition) is 6. The van der Waals surface area contributed by atoms with E-state index < -0.39 is 16.2 Å². The first-order valence-electron chi connectivity index (χ1n) is 4.96. The molecule has 7 nitrogen and oxygen atoms in total. The van der Waals surface area contributed by atoms with Crippen LogP contribution >= 0.6 is 0 Å². The summed E-state index contributed by atoms with van der Waals surface area (Å²) in [5, 5.41) is 9.50. The third-order valence-corrected chi connectivity index (χ3v) is 1.81. The van der Waals surface area contributed by atoms with Crippen molar-refractivity contribution in [1.29, 1.82) is 0 Å². The van der Waals surface area contributed by atoms with Gasteiger partial charge in [-0.25, -0.2) is 0 Å². The van der Waals surface area contributed by atoms with Crippen molar-refractivity contribution in [1.82, 2.24) is 5.43 Å². The van der Waals surface area contributed by atoms with Crippen molar-refractivity contribution < 1.29 is 22.8 Å². The second-order valence-corrected chi connectivity index (χ2v) is 4.90. The molecule has 0 aromatic heterocycles. The topological polar surface area (TPSA) is 122 Å². The minimum absolute atomic E-state index is 0.340. The van der Waals surface area contributed by atoms with Gasteiger partial charge in [0, 0.05) is 6.54 Å². The number of rotatable bonds is 4. The van der Waals surface area contributed by atoms with Crippen molar-refractivity contribution in [2.75, 3.05) is 19.9 Å². The van der Waals surface area contributed by atoms with E-state index in [1.54, 1.807) is 31.4 Å². The molecule has 0 spiro atoms. The van der Waals surface area contributed by atoms with E-state index in [1.807, 2.05) is 0 Å². The fourth-order valence-electron chi connectivity index (χ4n) is 1.06. The number of hydrazine groups is 1. The number of ether oxygens (including phenoxy) is 1. The van der Waals surface area contributed by atoms with E-state index in [2.05, 4.69) is 5.43 Å². The van der Waals surface area contributed by atoms with E-state index in [4.69, 9.17) is 15.1 Å². The lowest BCUT2D eigenvalue weighted by molar-refractivity contribution is 0.175. The van der Waals surface area contributed by atoms with Crippen LogP contribution < -0.4 is 16.0 Å². The summed E-state index contributed by atoms with van der Waals surface area (Å²) in [6, 6.07) is 7.21. The molecule has 0 aliphatic carbocycles. The summed E-state index contributed by atoms with van der Waals surface area (Å²) in [5.74, 6) is 5.86. The number of benzene rings is 1. The van der Waals surface area contributed by atoms with Crippen molar-refractivity contribution in [2.24, 2.45) is 5.84 Å². The molecule has 0 heterocycles. The van der Waals surface area contributed by atoms with Gasteiger partial charge in [-0.05, 0) is 17.7 Å². The first-order chi connectivity index (χ1) is 8.27. The fraction of sp³-hybridized carbons (Fsp3) is 0.400. The highest BCUT2D eigenvalue weighted by atomic mass is 32.2. The lowest BCUT2D eigenvalue weighted by Crippen LogP contribution is -2.27. The average molecular weight is 278 g/mol. The Morgan fingerprint density at radius 2 is 1.83 bits per heavy atom. The van der Waals surface area contributed by atoms with Crippen LogP contribution in [0.3, 0.4) is 0 Å². The fourth-order valence-corrected chi connectivity index (χ4v) is 1.06. The molecule has 104 valence electrons. The van der Waals surface area contributed by atoms with Crippen LogP contribution in [0.1, 0.15) is 11.7 Å². The van der Waals surface area contributed by atoms with Crippen LogP contribution in [0.4, 0.5) is 0 Å². The summed E-state index contributed by atoms with van der Waals surface area (Å²) in [7, 11) is -2.06. The molecule has 0 radical (unpaired) electrons. The highest BCUT2D eigenvalue weighted by molar-refractivity contribution is 7.85. The van der Waals surface area contributed by atoms with Crippen LogP contribution in [0.2, 0.25) is 0 Å². The molecule has 0 saturated carbocycles. The van der Waals surface area contributed by atoms with Crippen LogP contribution in [-0.4, -0.2) is 38.0 Å². The normalized spacial score (nSPS) is 12.3. The monoisotopic (exact) mass is 278 g/mol. The first kappa shape index (κ1) is 16.8. The molecule has 0 amide bonds. The Morgan fingerprint density at radius 3 is 2.17 bits per heavy atom. The van der Waals surface area contributed by atoms with Gasteiger partial charge in [0.2, 0.25) is 0 Å². The van der Waals surface area contributed by atoms with E-state index in [0.29, 0.717) is 12.8 Å². The highest BCUT2D eigenvalue weighted by Gasteiger charge is 2.05. The Balaban J connectivity index is 0.000000494. The maximum absolute atomic E-state index is 9.50. The van der Waals surface area contributed by atoms with Gasteiger partial charge in [0.15, 0.2) is 0 Å². The lowest BCUT2D eigenvalue weighted by Gasteiger charge is -2.10. The summed E-state index contributed by atoms with van der Waals surface area (Å²) in [5.41, 5.74) is 3.23. The van der Waals surface area contributed by atoms with Crippen molar-refractivity contribution in [2.45, 2.75) is 6.10 Å². The van der Waals surface area contributed by atoms with E-state index in [-0.39, 0.29) is 0 Å². The molecule has 5 N–H and O–H groups in total. The molecule has 0 aliphatic rings. The van der Waals surface area contributed by atoms with E-state index in [1.165, 1.54) is 0 Å². The van der Waals surface area contributed by atoms with Crippen molar-refractivity contribution in [3.63, 3.8) is 0 Å². The molecule has 18 heavy (non-hydrogen) atoms. The Hall–Kier alpha value is -1.19. The quantitative estimate of drug-likeness (QED) is 0.339. The number of aliphatic hydroxyl groups is 1. The first-order valence-corrected chi connectivity index (χ1v) is 6.80. The van der Waals surface area contributed by atoms with Gasteiger partial charge in [-0.2, -0.15) is 8.42 Å². The van der Waals surface area contributed by atoms with E-state index in [9.17, 15) is 13.5 Å². The van der Waals surface area contributed by atoms with Crippen LogP contribution in [0.5, 0.6) is 5.75 Å². The summed E-state index contributed by atoms with van der Waals surface area (Å²) < 4.78 is 30.9. The molecule has 1 rings (SSSR count). The van der Waals surface area contributed by atoms with Gasteiger partial charge in [-0.3, -0.25) is 15.8 Å². The molecule has 0 aliphatic heterocycles. The van der Waals surface area contributed by atoms with Gasteiger partial charge >= 0.3 is 0 Å². The maximum atomic E-state index is 9.50. The molecule has 0 bridgehead atoms. The lowest BCUT2D eigenvalue weighted by atomic mass is 10.1. The Morgan fingerprint density at radius 1 is 1.39 bits per heavy atom. The van der Waals surface area contributed by atoms with Gasteiger partial charge in [-0.15, -0.1) is 0 Å². The summed E-state index contributed by atoms with van der Waals surface area (Å²) in [4.78, 5) is 0. The predicted molar refractivity (Wildman–Crippen MR) is 67.6 cm³/mol. The maximum Gasteiger partial charge on any atom is 0.261 e. The van der Waals surface area contributed by atoms with Gasteiger partial charge in [0.1, 0.15) is 5.75 Å². The summed E-state index contributed by atoms with van der Waals surface area (Å²) >= 11 is 0. The van der Waals surface area contributed by atoms with Crippen LogP contribution in [0.15, 0.2) is 24.3 Å². The van der Waals surface area contributed by atoms with Crippen molar-refractivity contribution in [3.8, 4) is 5.75 Å². The van der Waals surface area contributed by atoms with Crippen LogP contribution in [0, 0.1) is 0 Å². The molecule has 0 saturated heterocycles. The van der Waals surface area contributed by atoms with Crippen LogP contribution in [0.25, 0.3) is 0 Å². The SMILES string of the molecule is COc1ccc(C(O)CNN)cc1.CS(=O)(=O)O. The Labute approximate surface area is 106 Å². The number of methoxy groups -OCH3 is 1. The minimum atomic E-state index is -3.67. The Kier molecular flexibility index (Phi) is 7.48. The van der Waals surface area contributed by atoms with Crippen molar-refractivity contribution >= 4 is 10.1 Å². The number of nitrogens with one attached hydrogen (secondary N) is 1. The third kappa shape index (κ3) is 8.90. The largest absolute Gasteiger partial charge is 0.497 e. The van der Waals surface area contributed by atoms with Gasteiger partial charge < -0.3 is 9.84 Å². The number of nitrogens with two attached hydrogens (primary N) is 1. The standard InChI is InChI=1S/C9H14N2O2.CH4O3S/c1-13-8-4-2-7(3-5-8)9(12)6-11-10;1-5(2,3)4/h2-5,9,11-12H,6,10H2,1H3;1H3,(H,2,3,4). The second kappa shape index (κ2) is 8.01. The average Bonchev–Trinajstić information content (AvgIpc) is 2.27. The number of hydrogen-bond donors (Lipinski definition) is 4. The molecule has 0 fully saturated rings. The third-order valence-electron chi connectivity index (χ3n) is 1.81. The highest BCUT2D eigenvalue weighted by Crippen LogP contribution is 2.16. The zero-order valence-electron chi connectivity index (χ0n) is 10.2. The second-order valence-electron chi connectivity index (χ2n) is 3.43.